The predicted molar refractivity (Wildman–Crippen MR) is 131 cm³/mol. The predicted octanol–water partition coefficient (Wildman–Crippen LogP) is 3.19. The van der Waals surface area contributed by atoms with Crippen molar-refractivity contribution >= 4 is 22.1 Å². The molecule has 1 aliphatic rings. The fourth-order valence-electron chi connectivity index (χ4n) is 4.04. The number of amides is 1. The van der Waals surface area contributed by atoms with Gasteiger partial charge in [-0.15, -0.1) is 0 Å². The number of nitrogens with one attached hydrogen (secondary N) is 1. The molecule has 1 aliphatic heterocycles. The molecule has 1 N–H and O–H groups in total. The van der Waals surface area contributed by atoms with Crippen molar-refractivity contribution in [2.24, 2.45) is 5.10 Å². The number of hydrogen-bond donors (Lipinski definition) is 1. The largest absolute Gasteiger partial charge is 0.379 e. The summed E-state index contributed by atoms with van der Waals surface area (Å²) in [4.78, 5) is 12.7. The first kappa shape index (κ1) is 23.9. The summed E-state index contributed by atoms with van der Waals surface area (Å²) in [6.07, 6.45) is 1.60. The number of benzene rings is 2. The molecule has 0 bridgehead atoms. The average molecular weight is 481 g/mol. The lowest BCUT2D eigenvalue weighted by Crippen LogP contribution is -2.40. The Bertz CT molecular complexity index is 1340. The van der Waals surface area contributed by atoms with E-state index in [1.54, 1.807) is 18.3 Å². The first-order chi connectivity index (χ1) is 16.3. The summed E-state index contributed by atoms with van der Waals surface area (Å²) in [5, 5.41) is 4.11. The highest BCUT2D eigenvalue weighted by atomic mass is 32.2. The van der Waals surface area contributed by atoms with Crippen LogP contribution in [-0.2, 0) is 14.8 Å². The van der Waals surface area contributed by atoms with Crippen molar-refractivity contribution in [2.45, 2.75) is 25.7 Å². The van der Waals surface area contributed by atoms with Crippen LogP contribution >= 0.6 is 0 Å². The van der Waals surface area contributed by atoms with Crippen LogP contribution in [0.25, 0.3) is 5.69 Å². The molecule has 0 spiro atoms. The van der Waals surface area contributed by atoms with E-state index in [9.17, 15) is 13.2 Å². The number of sulfonamides is 1. The van der Waals surface area contributed by atoms with Crippen LogP contribution in [0.3, 0.4) is 0 Å². The number of aryl methyl sites for hydroxylation is 2. The maximum absolute atomic E-state index is 12.9. The Labute approximate surface area is 199 Å². The first-order valence-electron chi connectivity index (χ1n) is 11.0. The molecule has 2 aromatic carbocycles. The Morgan fingerprint density at radius 1 is 1.03 bits per heavy atom. The second kappa shape index (κ2) is 9.92. The molecule has 34 heavy (non-hydrogen) atoms. The maximum atomic E-state index is 12.9. The second-order valence-corrected chi connectivity index (χ2v) is 10.2. The van der Waals surface area contributed by atoms with Crippen molar-refractivity contribution in [3.8, 4) is 5.69 Å². The number of rotatable bonds is 6. The number of nitrogens with zero attached hydrogens (tertiary/aromatic N) is 3. The van der Waals surface area contributed by atoms with Gasteiger partial charge in [-0.05, 0) is 62.7 Å². The molecule has 8 nitrogen and oxygen atoms in total. The lowest BCUT2D eigenvalue weighted by atomic mass is 10.2. The lowest BCUT2D eigenvalue weighted by Gasteiger charge is -2.26. The topological polar surface area (TPSA) is 93.0 Å². The van der Waals surface area contributed by atoms with E-state index in [1.807, 2.05) is 32.0 Å². The molecule has 1 fully saturated rings. The number of carbonyl (C=O) groups is 1. The van der Waals surface area contributed by atoms with Gasteiger partial charge in [0.2, 0.25) is 10.0 Å². The van der Waals surface area contributed by atoms with Crippen LogP contribution in [0.4, 0.5) is 0 Å². The molecule has 1 amide bonds. The van der Waals surface area contributed by atoms with Gasteiger partial charge in [-0.3, -0.25) is 4.79 Å². The number of carbonyl (C=O) groups excluding carboxylic acids is 1. The third-order valence-electron chi connectivity index (χ3n) is 5.80. The molecular formula is C25H28N4O4S. The average Bonchev–Trinajstić information content (AvgIpc) is 3.12. The van der Waals surface area contributed by atoms with Crippen molar-refractivity contribution in [3.05, 3.63) is 82.7 Å². The zero-order chi connectivity index (χ0) is 24.3. The van der Waals surface area contributed by atoms with E-state index in [-0.39, 0.29) is 10.5 Å². The fourth-order valence-corrected chi connectivity index (χ4v) is 5.50. The summed E-state index contributed by atoms with van der Waals surface area (Å²) in [7, 11) is -3.69. The summed E-state index contributed by atoms with van der Waals surface area (Å²) in [6.45, 7) is 7.38. The SMILES string of the molecule is Cc1cccc(-n2c(C)cc(C=NNC(=O)c3cccc(S(=O)(=O)N4CCOCC4)c3)c2C)c1. The molecule has 0 saturated carbocycles. The van der Waals surface area contributed by atoms with Gasteiger partial charge in [0.05, 0.1) is 24.3 Å². The minimum absolute atomic E-state index is 0.0766. The van der Waals surface area contributed by atoms with Crippen LogP contribution in [0.15, 0.2) is 64.6 Å². The molecule has 0 aliphatic carbocycles. The molecular weight excluding hydrogens is 452 g/mol. The maximum Gasteiger partial charge on any atom is 0.271 e. The molecule has 3 aromatic rings. The fraction of sp³-hybridized carbons (Fsp3) is 0.280. The molecule has 2 heterocycles. The number of hydrogen-bond acceptors (Lipinski definition) is 5. The Kier molecular flexibility index (Phi) is 6.97. The first-order valence-corrected chi connectivity index (χ1v) is 12.5. The summed E-state index contributed by atoms with van der Waals surface area (Å²) in [5.41, 5.74) is 7.89. The van der Waals surface area contributed by atoms with Gasteiger partial charge < -0.3 is 9.30 Å². The van der Waals surface area contributed by atoms with Crippen LogP contribution in [0.5, 0.6) is 0 Å². The molecule has 4 rings (SSSR count). The highest BCUT2D eigenvalue weighted by Gasteiger charge is 2.26. The van der Waals surface area contributed by atoms with Gasteiger partial charge >= 0.3 is 0 Å². The third-order valence-corrected chi connectivity index (χ3v) is 7.70. The monoisotopic (exact) mass is 480 g/mol. The normalized spacial score (nSPS) is 15.0. The van der Waals surface area contributed by atoms with Gasteiger partial charge in [0.25, 0.3) is 5.91 Å². The van der Waals surface area contributed by atoms with Gasteiger partial charge in [-0.2, -0.15) is 9.41 Å². The van der Waals surface area contributed by atoms with Gasteiger partial charge in [-0.1, -0.05) is 18.2 Å². The summed E-state index contributed by atoms with van der Waals surface area (Å²) < 4.78 is 34.5. The minimum atomic E-state index is -3.69. The van der Waals surface area contributed by atoms with E-state index in [0.29, 0.717) is 26.3 Å². The van der Waals surface area contributed by atoms with Crippen molar-refractivity contribution in [1.29, 1.82) is 0 Å². The van der Waals surface area contributed by atoms with Crippen LogP contribution in [0, 0.1) is 20.8 Å². The molecule has 178 valence electrons. The summed E-state index contributed by atoms with van der Waals surface area (Å²) in [6, 6.07) is 16.2. The highest BCUT2D eigenvalue weighted by molar-refractivity contribution is 7.89. The molecule has 0 atom stereocenters. The number of morpholine rings is 1. The van der Waals surface area contributed by atoms with E-state index < -0.39 is 15.9 Å². The number of aromatic nitrogens is 1. The van der Waals surface area contributed by atoms with Gasteiger partial charge in [0, 0.05) is 41.3 Å². The summed E-state index contributed by atoms with van der Waals surface area (Å²) >= 11 is 0. The van der Waals surface area contributed by atoms with Crippen molar-refractivity contribution in [3.63, 3.8) is 0 Å². The lowest BCUT2D eigenvalue weighted by molar-refractivity contribution is 0.0730. The van der Waals surface area contributed by atoms with E-state index in [1.165, 1.54) is 22.0 Å². The summed E-state index contributed by atoms with van der Waals surface area (Å²) in [5.74, 6) is -0.484. The number of ether oxygens (including phenoxy) is 1. The highest BCUT2D eigenvalue weighted by Crippen LogP contribution is 2.21. The van der Waals surface area contributed by atoms with Crippen molar-refractivity contribution in [1.82, 2.24) is 14.3 Å². The van der Waals surface area contributed by atoms with Crippen LogP contribution in [0.1, 0.15) is 32.9 Å². The minimum Gasteiger partial charge on any atom is -0.379 e. The van der Waals surface area contributed by atoms with Gasteiger partial charge in [0.15, 0.2) is 0 Å². The van der Waals surface area contributed by atoms with Crippen LogP contribution in [-0.4, -0.2) is 55.7 Å². The van der Waals surface area contributed by atoms with E-state index in [4.69, 9.17) is 4.74 Å². The van der Waals surface area contributed by atoms with Gasteiger partial charge in [0.1, 0.15) is 0 Å². The van der Waals surface area contributed by atoms with E-state index in [2.05, 4.69) is 34.2 Å². The Morgan fingerprint density at radius 2 is 1.76 bits per heavy atom. The van der Waals surface area contributed by atoms with E-state index >= 15 is 0 Å². The molecule has 1 aromatic heterocycles. The van der Waals surface area contributed by atoms with Gasteiger partial charge in [-0.25, -0.2) is 13.8 Å². The third kappa shape index (κ3) is 4.96. The zero-order valence-corrected chi connectivity index (χ0v) is 20.3. The van der Waals surface area contributed by atoms with Crippen molar-refractivity contribution in [2.75, 3.05) is 26.3 Å². The number of hydrazone groups is 1. The Balaban J connectivity index is 1.49. The Morgan fingerprint density at radius 3 is 2.50 bits per heavy atom. The molecule has 9 heteroatoms. The molecule has 0 unspecified atom stereocenters. The van der Waals surface area contributed by atoms with E-state index in [0.717, 1.165) is 22.6 Å². The molecule has 1 saturated heterocycles. The zero-order valence-electron chi connectivity index (χ0n) is 19.5. The standard InChI is InChI=1S/C25H28N4O4S/c1-18-6-4-8-23(14-18)29-19(2)15-22(20(29)3)17-26-27-25(30)21-7-5-9-24(16-21)34(31,32)28-10-12-33-13-11-28/h4-9,14-17H,10-13H2,1-3H3,(H,27,30). The quantitative estimate of drug-likeness (QED) is 0.433. The smallest absolute Gasteiger partial charge is 0.271 e. The van der Waals surface area contributed by atoms with Crippen LogP contribution in [0.2, 0.25) is 0 Å². The Hall–Kier alpha value is -3.27. The molecule has 0 radical (unpaired) electrons. The van der Waals surface area contributed by atoms with Crippen molar-refractivity contribution < 1.29 is 17.9 Å². The van der Waals surface area contributed by atoms with Crippen LogP contribution < -0.4 is 5.43 Å². The second-order valence-electron chi connectivity index (χ2n) is 8.24.